The summed E-state index contributed by atoms with van der Waals surface area (Å²) in [4.78, 5) is 8.18. The largest absolute Gasteiger partial charge is 0.378 e. The fraction of sp³-hybridized carbons (Fsp3) is 0.636. The van der Waals surface area contributed by atoms with E-state index in [0.717, 1.165) is 31.2 Å². The van der Waals surface area contributed by atoms with Crippen LogP contribution in [0.15, 0.2) is 6.07 Å². The Hall–Kier alpha value is -1.56. The molecule has 1 aliphatic rings. The van der Waals surface area contributed by atoms with Crippen LogP contribution in [0.2, 0.25) is 0 Å². The van der Waals surface area contributed by atoms with Crippen LogP contribution < -0.4 is 16.4 Å². The Balaban J connectivity index is 1.96. The van der Waals surface area contributed by atoms with Crippen LogP contribution in [-0.4, -0.2) is 36.3 Å². The zero-order chi connectivity index (χ0) is 12.3. The van der Waals surface area contributed by atoms with Crippen LogP contribution >= 0.6 is 0 Å². The quantitative estimate of drug-likeness (QED) is 0.722. The van der Waals surface area contributed by atoms with Crippen LogP contribution in [0, 0.1) is 5.92 Å². The topological polar surface area (TPSA) is 85.1 Å². The van der Waals surface area contributed by atoms with E-state index in [2.05, 4.69) is 27.5 Å². The Kier molecular flexibility index (Phi) is 3.63. The molecule has 0 amide bonds. The van der Waals surface area contributed by atoms with Crippen LogP contribution in [-0.2, 0) is 4.74 Å². The average molecular weight is 237 g/mol. The Morgan fingerprint density at radius 3 is 2.88 bits per heavy atom. The van der Waals surface area contributed by atoms with Crippen molar-refractivity contribution in [3.63, 3.8) is 0 Å². The van der Waals surface area contributed by atoms with Crippen LogP contribution in [0.4, 0.5) is 17.6 Å². The van der Waals surface area contributed by atoms with E-state index in [1.54, 1.807) is 7.05 Å². The van der Waals surface area contributed by atoms with Gasteiger partial charge in [-0.15, -0.1) is 0 Å². The van der Waals surface area contributed by atoms with Gasteiger partial charge in [-0.1, -0.05) is 0 Å². The molecule has 4 N–H and O–H groups in total. The molecule has 0 aromatic carbocycles. The molecule has 94 valence electrons. The molecule has 0 spiro atoms. The Bertz CT molecular complexity index is 384. The van der Waals surface area contributed by atoms with Crippen LogP contribution in [0.5, 0.6) is 0 Å². The predicted molar refractivity (Wildman–Crippen MR) is 68.0 cm³/mol. The average Bonchev–Trinajstić information content (AvgIpc) is 2.71. The van der Waals surface area contributed by atoms with E-state index < -0.39 is 0 Å². The van der Waals surface area contributed by atoms with Gasteiger partial charge in [0.1, 0.15) is 11.6 Å². The number of hydrogen-bond acceptors (Lipinski definition) is 6. The zero-order valence-electron chi connectivity index (χ0n) is 10.2. The summed E-state index contributed by atoms with van der Waals surface area (Å²) in [5.74, 6) is 2.27. The summed E-state index contributed by atoms with van der Waals surface area (Å²) >= 11 is 0. The molecule has 6 nitrogen and oxygen atoms in total. The van der Waals surface area contributed by atoms with Crippen molar-refractivity contribution < 1.29 is 4.74 Å². The smallest absolute Gasteiger partial charge is 0.223 e. The lowest BCUT2D eigenvalue weighted by molar-refractivity contribution is 0.108. The molecular formula is C11H19N5O. The highest BCUT2D eigenvalue weighted by Crippen LogP contribution is 2.21. The van der Waals surface area contributed by atoms with Crippen LogP contribution in [0.1, 0.15) is 13.3 Å². The normalized spacial score (nSPS) is 23.6. The zero-order valence-corrected chi connectivity index (χ0v) is 10.2. The Labute approximate surface area is 101 Å². The van der Waals surface area contributed by atoms with E-state index in [9.17, 15) is 0 Å². The molecule has 17 heavy (non-hydrogen) atoms. The van der Waals surface area contributed by atoms with Gasteiger partial charge in [-0.3, -0.25) is 0 Å². The van der Waals surface area contributed by atoms with E-state index in [0.29, 0.717) is 12.0 Å². The summed E-state index contributed by atoms with van der Waals surface area (Å²) in [7, 11) is 1.80. The standard InChI is InChI=1S/C11H19N5O/c1-7-8(3-4-17-7)6-14-10-5-9(13-2)15-11(12)16-10/h5,7-8H,3-4,6H2,1-2H3,(H4,12,13,14,15,16). The highest BCUT2D eigenvalue weighted by Gasteiger charge is 2.23. The van der Waals surface area contributed by atoms with Gasteiger partial charge < -0.3 is 21.1 Å². The number of nitrogens with one attached hydrogen (secondary N) is 2. The van der Waals surface area contributed by atoms with Crippen molar-refractivity contribution in [1.29, 1.82) is 0 Å². The molecule has 0 aliphatic carbocycles. The van der Waals surface area contributed by atoms with Crippen molar-refractivity contribution in [1.82, 2.24) is 9.97 Å². The van der Waals surface area contributed by atoms with E-state index >= 15 is 0 Å². The van der Waals surface area contributed by atoms with Crippen LogP contribution in [0.25, 0.3) is 0 Å². The number of nitrogens with zero attached hydrogens (tertiary/aromatic N) is 2. The molecule has 1 aliphatic heterocycles. The summed E-state index contributed by atoms with van der Waals surface area (Å²) in [5, 5.41) is 6.23. The molecule has 2 unspecified atom stereocenters. The van der Waals surface area contributed by atoms with Crippen molar-refractivity contribution in [2.75, 3.05) is 36.6 Å². The maximum atomic E-state index is 5.62. The molecule has 1 fully saturated rings. The molecule has 2 atom stereocenters. The maximum absolute atomic E-state index is 5.62. The third-order valence-electron chi connectivity index (χ3n) is 3.08. The Morgan fingerprint density at radius 2 is 2.24 bits per heavy atom. The highest BCUT2D eigenvalue weighted by atomic mass is 16.5. The van der Waals surface area contributed by atoms with Gasteiger partial charge in [0.2, 0.25) is 5.95 Å². The summed E-state index contributed by atoms with van der Waals surface area (Å²) in [6, 6.07) is 1.84. The summed E-state index contributed by atoms with van der Waals surface area (Å²) in [5.41, 5.74) is 5.62. The fourth-order valence-corrected chi connectivity index (χ4v) is 1.96. The minimum absolute atomic E-state index is 0.273. The maximum Gasteiger partial charge on any atom is 0.223 e. The number of ether oxygens (including phenoxy) is 1. The lowest BCUT2D eigenvalue weighted by Gasteiger charge is -2.15. The van der Waals surface area contributed by atoms with Crippen molar-refractivity contribution in [3.05, 3.63) is 6.07 Å². The first kappa shape index (κ1) is 11.9. The first-order chi connectivity index (χ1) is 8.19. The molecule has 1 saturated heterocycles. The van der Waals surface area contributed by atoms with E-state index in [1.165, 1.54) is 0 Å². The number of nitrogens with two attached hydrogens (primary N) is 1. The monoisotopic (exact) mass is 237 g/mol. The van der Waals surface area contributed by atoms with Gasteiger partial charge in [0.25, 0.3) is 0 Å². The molecule has 0 saturated carbocycles. The van der Waals surface area contributed by atoms with Crippen molar-refractivity contribution in [3.8, 4) is 0 Å². The molecule has 1 aromatic heterocycles. The number of anilines is 3. The van der Waals surface area contributed by atoms with Gasteiger partial charge in [-0.25, -0.2) is 0 Å². The van der Waals surface area contributed by atoms with Crippen LogP contribution in [0.3, 0.4) is 0 Å². The fourth-order valence-electron chi connectivity index (χ4n) is 1.96. The second-order valence-corrected chi connectivity index (χ2v) is 4.25. The summed E-state index contributed by atoms with van der Waals surface area (Å²) < 4.78 is 5.51. The minimum Gasteiger partial charge on any atom is -0.378 e. The Morgan fingerprint density at radius 1 is 1.47 bits per heavy atom. The molecule has 0 bridgehead atoms. The molecular weight excluding hydrogens is 218 g/mol. The summed E-state index contributed by atoms with van der Waals surface area (Å²) in [6.45, 7) is 3.80. The number of hydrogen-bond donors (Lipinski definition) is 3. The first-order valence-corrected chi connectivity index (χ1v) is 5.87. The predicted octanol–water partition coefficient (Wildman–Crippen LogP) is 0.937. The molecule has 6 heteroatoms. The minimum atomic E-state index is 0.273. The third kappa shape index (κ3) is 2.97. The van der Waals surface area contributed by atoms with Gasteiger partial charge in [0.15, 0.2) is 0 Å². The molecule has 2 heterocycles. The van der Waals surface area contributed by atoms with E-state index in [-0.39, 0.29) is 5.95 Å². The van der Waals surface area contributed by atoms with Crippen molar-refractivity contribution in [2.45, 2.75) is 19.4 Å². The second kappa shape index (κ2) is 5.18. The second-order valence-electron chi connectivity index (χ2n) is 4.25. The van der Waals surface area contributed by atoms with Gasteiger partial charge in [-0.05, 0) is 13.3 Å². The number of aromatic nitrogens is 2. The molecule has 2 rings (SSSR count). The number of nitrogen functional groups attached to an aromatic ring is 1. The van der Waals surface area contributed by atoms with Gasteiger partial charge >= 0.3 is 0 Å². The third-order valence-corrected chi connectivity index (χ3v) is 3.08. The van der Waals surface area contributed by atoms with Gasteiger partial charge in [-0.2, -0.15) is 9.97 Å². The van der Waals surface area contributed by atoms with Gasteiger partial charge in [0, 0.05) is 32.2 Å². The first-order valence-electron chi connectivity index (χ1n) is 5.87. The SMILES string of the molecule is CNc1cc(NCC2CCOC2C)nc(N)n1. The summed E-state index contributed by atoms with van der Waals surface area (Å²) in [6.07, 6.45) is 1.40. The molecule has 0 radical (unpaired) electrons. The lowest BCUT2D eigenvalue weighted by atomic mass is 10.0. The van der Waals surface area contributed by atoms with E-state index in [1.807, 2.05) is 6.07 Å². The molecule has 1 aromatic rings. The van der Waals surface area contributed by atoms with Gasteiger partial charge in [0.05, 0.1) is 6.10 Å². The lowest BCUT2D eigenvalue weighted by Crippen LogP contribution is -2.21. The number of rotatable bonds is 4. The van der Waals surface area contributed by atoms with Crippen molar-refractivity contribution >= 4 is 17.6 Å². The van der Waals surface area contributed by atoms with E-state index in [4.69, 9.17) is 10.5 Å². The van der Waals surface area contributed by atoms with Crippen molar-refractivity contribution in [2.24, 2.45) is 5.92 Å². The highest BCUT2D eigenvalue weighted by molar-refractivity contribution is 5.50.